The van der Waals surface area contributed by atoms with Crippen molar-refractivity contribution in [1.82, 2.24) is 4.72 Å². The van der Waals surface area contributed by atoms with E-state index in [1.807, 2.05) is 0 Å². The third-order valence-electron chi connectivity index (χ3n) is 2.98. The summed E-state index contributed by atoms with van der Waals surface area (Å²) in [5.41, 5.74) is 0.533. The first kappa shape index (κ1) is 17.6. The topological polar surface area (TPSA) is 75.3 Å². The lowest BCUT2D eigenvalue weighted by atomic mass is 10.3. The highest BCUT2D eigenvalue weighted by atomic mass is 79.9. The zero-order chi connectivity index (χ0) is 17.0. The molecule has 0 bridgehead atoms. The fourth-order valence-corrected chi connectivity index (χ4v) is 3.36. The molecule has 122 valence electrons. The lowest BCUT2D eigenvalue weighted by Gasteiger charge is -2.15. The fraction of sp³-hybridized carbons (Fsp3) is 0.133. The van der Waals surface area contributed by atoms with Gasteiger partial charge in [0.05, 0.1) is 16.6 Å². The van der Waals surface area contributed by atoms with E-state index in [-0.39, 0.29) is 4.90 Å². The van der Waals surface area contributed by atoms with Crippen LogP contribution in [0.5, 0.6) is 0 Å². The minimum absolute atomic E-state index is 0.112. The van der Waals surface area contributed by atoms with Crippen molar-refractivity contribution in [3.63, 3.8) is 0 Å². The summed E-state index contributed by atoms with van der Waals surface area (Å²) in [5, 5.41) is 2.62. The monoisotopic (exact) mass is 400 g/mol. The second kappa shape index (κ2) is 7.20. The first-order chi connectivity index (χ1) is 10.8. The summed E-state index contributed by atoms with van der Waals surface area (Å²) in [6, 6.07) is 10.3. The van der Waals surface area contributed by atoms with E-state index in [4.69, 9.17) is 0 Å². The molecule has 8 heteroatoms. The number of carbonyl (C=O) groups excluding carboxylic acids is 1. The van der Waals surface area contributed by atoms with Gasteiger partial charge in [-0.2, -0.15) is 4.72 Å². The lowest BCUT2D eigenvalue weighted by Crippen LogP contribution is -2.41. The molecule has 0 radical (unpaired) electrons. The molecule has 0 spiro atoms. The molecule has 0 aliphatic heterocycles. The number of benzene rings is 2. The van der Waals surface area contributed by atoms with Gasteiger partial charge in [0.2, 0.25) is 15.9 Å². The van der Waals surface area contributed by atoms with Gasteiger partial charge in [-0.25, -0.2) is 12.8 Å². The largest absolute Gasteiger partial charge is 0.324 e. The Bertz CT molecular complexity index is 810. The summed E-state index contributed by atoms with van der Waals surface area (Å²) in [4.78, 5) is 12.0. The molecule has 2 aromatic carbocycles. The van der Waals surface area contributed by atoms with Crippen molar-refractivity contribution in [3.8, 4) is 0 Å². The van der Waals surface area contributed by atoms with Crippen LogP contribution in [0, 0.1) is 5.82 Å². The molecule has 2 N–H and O–H groups in total. The SMILES string of the molecule is C[C@H](NS(=O)(=O)c1ccc(F)cc1)C(=O)Nc1ccccc1Br. The van der Waals surface area contributed by atoms with Crippen molar-refractivity contribution in [2.45, 2.75) is 17.9 Å². The van der Waals surface area contributed by atoms with Crippen LogP contribution in [0.25, 0.3) is 0 Å². The number of sulfonamides is 1. The van der Waals surface area contributed by atoms with Crippen LogP contribution in [-0.4, -0.2) is 20.4 Å². The molecule has 0 aliphatic carbocycles. The van der Waals surface area contributed by atoms with E-state index in [0.717, 1.165) is 24.3 Å². The number of anilines is 1. The normalized spacial score (nSPS) is 12.7. The van der Waals surface area contributed by atoms with Gasteiger partial charge in [-0.15, -0.1) is 0 Å². The quantitative estimate of drug-likeness (QED) is 0.809. The van der Waals surface area contributed by atoms with Gasteiger partial charge >= 0.3 is 0 Å². The number of para-hydroxylation sites is 1. The molecule has 0 fully saturated rings. The number of halogens is 2. The smallest absolute Gasteiger partial charge is 0.242 e. The van der Waals surface area contributed by atoms with Crippen molar-refractivity contribution in [2.75, 3.05) is 5.32 Å². The summed E-state index contributed by atoms with van der Waals surface area (Å²) in [5.74, 6) is -1.05. The third kappa shape index (κ3) is 4.60. The lowest BCUT2D eigenvalue weighted by molar-refractivity contribution is -0.117. The fourth-order valence-electron chi connectivity index (χ4n) is 1.77. The molecular weight excluding hydrogens is 387 g/mol. The maximum absolute atomic E-state index is 12.9. The summed E-state index contributed by atoms with van der Waals surface area (Å²) < 4.78 is 40.1. The van der Waals surface area contributed by atoms with Crippen molar-refractivity contribution in [2.24, 2.45) is 0 Å². The maximum Gasteiger partial charge on any atom is 0.242 e. The van der Waals surface area contributed by atoms with Gasteiger partial charge < -0.3 is 5.32 Å². The minimum atomic E-state index is -3.91. The molecule has 5 nitrogen and oxygen atoms in total. The van der Waals surface area contributed by atoms with Crippen LogP contribution in [0.15, 0.2) is 57.9 Å². The van der Waals surface area contributed by atoms with Crippen LogP contribution in [0.4, 0.5) is 10.1 Å². The number of hydrogen-bond donors (Lipinski definition) is 2. The van der Waals surface area contributed by atoms with Gasteiger partial charge in [-0.1, -0.05) is 12.1 Å². The van der Waals surface area contributed by atoms with E-state index in [9.17, 15) is 17.6 Å². The van der Waals surface area contributed by atoms with Gasteiger partial charge in [0, 0.05) is 4.47 Å². The van der Waals surface area contributed by atoms with Crippen LogP contribution in [0.2, 0.25) is 0 Å². The molecule has 0 saturated heterocycles. The predicted molar refractivity (Wildman–Crippen MR) is 89.0 cm³/mol. The maximum atomic E-state index is 12.9. The Hall–Kier alpha value is -1.77. The Labute approximate surface area is 142 Å². The number of rotatable bonds is 5. The number of amides is 1. The van der Waals surface area contributed by atoms with E-state index < -0.39 is 27.8 Å². The van der Waals surface area contributed by atoms with Crippen LogP contribution >= 0.6 is 15.9 Å². The summed E-state index contributed by atoms with van der Waals surface area (Å²) in [7, 11) is -3.91. The van der Waals surface area contributed by atoms with Gasteiger partial charge in [-0.3, -0.25) is 4.79 Å². The molecule has 23 heavy (non-hydrogen) atoms. The zero-order valence-corrected chi connectivity index (χ0v) is 14.5. The molecule has 0 aromatic heterocycles. The number of hydrogen-bond acceptors (Lipinski definition) is 3. The van der Waals surface area contributed by atoms with Gasteiger partial charge in [-0.05, 0) is 59.3 Å². The second-order valence-corrected chi connectivity index (χ2v) is 7.33. The predicted octanol–water partition coefficient (Wildman–Crippen LogP) is 2.89. The average molecular weight is 401 g/mol. The molecule has 1 atom stereocenters. The van der Waals surface area contributed by atoms with Crippen LogP contribution in [0.3, 0.4) is 0 Å². The summed E-state index contributed by atoms with van der Waals surface area (Å²) in [6.07, 6.45) is 0. The molecule has 2 aromatic rings. The Morgan fingerprint density at radius 1 is 1.13 bits per heavy atom. The molecule has 1 amide bonds. The molecular formula is C15H14BrFN2O3S. The average Bonchev–Trinajstić information content (AvgIpc) is 2.49. The Balaban J connectivity index is 2.08. The molecule has 0 aliphatic rings. The van der Waals surface area contributed by atoms with Gasteiger partial charge in [0.15, 0.2) is 0 Å². The van der Waals surface area contributed by atoms with Crippen LogP contribution < -0.4 is 10.0 Å². The highest BCUT2D eigenvalue weighted by Crippen LogP contribution is 2.21. The zero-order valence-electron chi connectivity index (χ0n) is 12.1. The van der Waals surface area contributed by atoms with Crippen molar-refractivity contribution < 1.29 is 17.6 Å². The highest BCUT2D eigenvalue weighted by molar-refractivity contribution is 9.10. The van der Waals surface area contributed by atoms with E-state index in [0.29, 0.717) is 10.2 Å². The van der Waals surface area contributed by atoms with Crippen LogP contribution in [0.1, 0.15) is 6.92 Å². The van der Waals surface area contributed by atoms with Gasteiger partial charge in [0.25, 0.3) is 0 Å². The third-order valence-corrected chi connectivity index (χ3v) is 5.23. The van der Waals surface area contributed by atoms with Crippen molar-refractivity contribution in [3.05, 3.63) is 58.8 Å². The van der Waals surface area contributed by atoms with Crippen molar-refractivity contribution in [1.29, 1.82) is 0 Å². The number of nitrogens with one attached hydrogen (secondary N) is 2. The van der Waals surface area contributed by atoms with E-state index in [1.54, 1.807) is 24.3 Å². The van der Waals surface area contributed by atoms with Crippen LogP contribution in [-0.2, 0) is 14.8 Å². The highest BCUT2D eigenvalue weighted by Gasteiger charge is 2.22. The Kier molecular flexibility index (Phi) is 5.51. The molecule has 0 unspecified atom stereocenters. The second-order valence-electron chi connectivity index (χ2n) is 4.77. The number of carbonyl (C=O) groups is 1. The molecule has 2 rings (SSSR count). The summed E-state index contributed by atoms with van der Waals surface area (Å²) in [6.45, 7) is 1.42. The van der Waals surface area contributed by atoms with Crippen molar-refractivity contribution >= 4 is 37.5 Å². The van der Waals surface area contributed by atoms with E-state index >= 15 is 0 Å². The Morgan fingerprint density at radius 3 is 2.35 bits per heavy atom. The molecule has 0 heterocycles. The minimum Gasteiger partial charge on any atom is -0.324 e. The van der Waals surface area contributed by atoms with Gasteiger partial charge in [0.1, 0.15) is 5.82 Å². The van der Waals surface area contributed by atoms with E-state index in [1.165, 1.54) is 6.92 Å². The first-order valence-corrected chi connectivity index (χ1v) is 8.90. The Morgan fingerprint density at radius 2 is 1.74 bits per heavy atom. The standard InChI is InChI=1S/C15H14BrFN2O3S/c1-10(15(20)18-14-5-3-2-4-13(14)16)19-23(21,22)12-8-6-11(17)7-9-12/h2-10,19H,1H3,(H,18,20)/t10-/m0/s1. The van der Waals surface area contributed by atoms with E-state index in [2.05, 4.69) is 26.0 Å². The molecule has 0 saturated carbocycles. The first-order valence-electron chi connectivity index (χ1n) is 6.63. The summed E-state index contributed by atoms with van der Waals surface area (Å²) >= 11 is 3.29.